The average molecular weight is 337 g/mol. The van der Waals surface area contributed by atoms with E-state index in [1.165, 1.54) is 10.8 Å². The molecule has 2 aromatic carbocycles. The number of rotatable bonds is 0. The molecule has 0 unspecified atom stereocenters. The van der Waals surface area contributed by atoms with Gasteiger partial charge in [-0.05, 0) is 37.2 Å². The summed E-state index contributed by atoms with van der Waals surface area (Å²) >= 11 is 7.05. The van der Waals surface area contributed by atoms with Gasteiger partial charge in [-0.2, -0.15) is 0 Å². The van der Waals surface area contributed by atoms with Crippen molar-refractivity contribution in [1.82, 2.24) is 4.98 Å². The van der Waals surface area contributed by atoms with Crippen LogP contribution < -0.4 is 0 Å². The summed E-state index contributed by atoms with van der Waals surface area (Å²) in [5.41, 5.74) is 1.04. The summed E-state index contributed by atoms with van der Waals surface area (Å²) in [5.74, 6) is 0. The molecule has 0 atom stereocenters. The summed E-state index contributed by atoms with van der Waals surface area (Å²) in [7, 11) is 0. The van der Waals surface area contributed by atoms with Crippen molar-refractivity contribution in [2.45, 2.75) is 0 Å². The molecule has 0 spiro atoms. The van der Waals surface area contributed by atoms with Gasteiger partial charge >= 0.3 is 0 Å². The number of nitrogens with zero attached hydrogens (tertiary/aromatic N) is 1. The quantitative estimate of drug-likeness (QED) is 0.531. The lowest BCUT2D eigenvalue weighted by molar-refractivity contribution is 1.39. The molecular weight excluding hydrogens is 330 g/mol. The van der Waals surface area contributed by atoms with Crippen LogP contribution in [0.25, 0.3) is 21.7 Å². The molecule has 3 rings (SSSR count). The Labute approximate surface area is 110 Å². The smallest absolute Gasteiger partial charge is 0.0792 e. The molecule has 1 heterocycles. The van der Waals surface area contributed by atoms with Crippen LogP contribution in [-0.2, 0) is 0 Å². The van der Waals surface area contributed by atoms with Crippen LogP contribution in [0.5, 0.6) is 0 Å². The third-order valence-electron chi connectivity index (χ3n) is 2.65. The van der Waals surface area contributed by atoms with Gasteiger partial charge in [0.05, 0.1) is 9.99 Å². The van der Waals surface area contributed by atoms with E-state index in [0.29, 0.717) is 0 Å². The van der Waals surface area contributed by atoms with Gasteiger partial charge in [-0.25, -0.2) is 0 Å². The summed E-state index contributed by atoms with van der Waals surface area (Å²) in [6.07, 6.45) is 1.83. The van der Waals surface area contributed by atoms with Crippen molar-refractivity contribution in [3.05, 3.63) is 51.5 Å². The highest BCUT2D eigenvalue weighted by Gasteiger charge is 2.06. The summed E-state index contributed by atoms with van der Waals surface area (Å²) in [4.78, 5) is 4.49. The second kappa shape index (κ2) is 3.82. The van der Waals surface area contributed by atoms with Crippen LogP contribution in [0.3, 0.4) is 0 Å². The second-order valence-corrected chi connectivity index (χ2v) is 5.25. The van der Waals surface area contributed by atoms with Crippen LogP contribution in [0.4, 0.5) is 0 Å². The topological polar surface area (TPSA) is 12.9 Å². The number of benzene rings is 2. The van der Waals surface area contributed by atoms with Crippen LogP contribution in [0.1, 0.15) is 0 Å². The number of halogens is 2. The molecule has 0 aliphatic rings. The molecule has 1 nitrogen and oxygen atoms in total. The maximum absolute atomic E-state index is 4.49. The third kappa shape index (κ3) is 1.46. The Kier molecular flexibility index (Phi) is 2.45. The Morgan fingerprint density at radius 2 is 1.69 bits per heavy atom. The van der Waals surface area contributed by atoms with E-state index in [2.05, 4.69) is 61.1 Å². The van der Waals surface area contributed by atoms with E-state index in [1.807, 2.05) is 18.3 Å². The fourth-order valence-corrected chi connectivity index (χ4v) is 2.62. The molecule has 0 amide bonds. The Hall–Kier alpha value is -0.930. The van der Waals surface area contributed by atoms with Gasteiger partial charge < -0.3 is 0 Å². The molecule has 0 N–H and O–H groups in total. The van der Waals surface area contributed by atoms with Crippen molar-refractivity contribution < 1.29 is 0 Å². The molecule has 0 saturated carbocycles. The third-order valence-corrected chi connectivity index (χ3v) is 4.64. The van der Waals surface area contributed by atoms with Crippen molar-refractivity contribution in [3.8, 4) is 0 Å². The van der Waals surface area contributed by atoms with Gasteiger partial charge in [-0.15, -0.1) is 0 Å². The summed E-state index contributed by atoms with van der Waals surface area (Å²) in [5, 5.41) is 3.54. The van der Waals surface area contributed by atoms with Crippen LogP contribution in [0.15, 0.2) is 51.5 Å². The largest absolute Gasteiger partial charge is 0.254 e. The Morgan fingerprint density at radius 3 is 2.56 bits per heavy atom. The molecule has 0 aliphatic carbocycles. The normalized spacial score (nSPS) is 11.1. The molecule has 0 fully saturated rings. The van der Waals surface area contributed by atoms with Crippen LogP contribution >= 0.6 is 31.9 Å². The standard InChI is InChI=1S/C13H7Br2N/c14-11-7-16-13-9-4-2-1-3-8(9)5-6-10(13)12(11)15/h1-7H. The van der Waals surface area contributed by atoms with Gasteiger partial charge in [0.1, 0.15) is 0 Å². The predicted octanol–water partition coefficient (Wildman–Crippen LogP) is 4.91. The molecule has 1 aromatic heterocycles. The van der Waals surface area contributed by atoms with E-state index in [1.54, 1.807) is 0 Å². The zero-order chi connectivity index (χ0) is 11.1. The van der Waals surface area contributed by atoms with Crippen LogP contribution in [0, 0.1) is 0 Å². The van der Waals surface area contributed by atoms with Gasteiger partial charge in [0, 0.05) is 21.4 Å². The number of pyridine rings is 1. The lowest BCUT2D eigenvalue weighted by atomic mass is 10.1. The van der Waals surface area contributed by atoms with Crippen molar-refractivity contribution in [2.24, 2.45) is 0 Å². The van der Waals surface area contributed by atoms with Gasteiger partial charge in [0.2, 0.25) is 0 Å². The number of fused-ring (bicyclic) bond motifs is 3. The number of aromatic nitrogens is 1. The predicted molar refractivity (Wildman–Crippen MR) is 74.6 cm³/mol. The average Bonchev–Trinajstić information content (AvgIpc) is 2.33. The number of hydrogen-bond donors (Lipinski definition) is 0. The number of hydrogen-bond acceptors (Lipinski definition) is 1. The van der Waals surface area contributed by atoms with Crippen molar-refractivity contribution in [2.75, 3.05) is 0 Å². The highest BCUT2D eigenvalue weighted by Crippen LogP contribution is 2.33. The van der Waals surface area contributed by atoms with E-state index in [-0.39, 0.29) is 0 Å². The van der Waals surface area contributed by atoms with Crippen molar-refractivity contribution >= 4 is 53.5 Å². The van der Waals surface area contributed by atoms with Gasteiger partial charge in [0.25, 0.3) is 0 Å². The summed E-state index contributed by atoms with van der Waals surface area (Å²) in [6, 6.07) is 12.5. The van der Waals surface area contributed by atoms with Crippen LogP contribution in [-0.4, -0.2) is 4.98 Å². The van der Waals surface area contributed by atoms with E-state index in [4.69, 9.17) is 0 Å². The minimum atomic E-state index is 0.982. The molecule has 3 aromatic rings. The zero-order valence-corrected chi connectivity index (χ0v) is 11.4. The van der Waals surface area contributed by atoms with Gasteiger partial charge in [0.15, 0.2) is 0 Å². The van der Waals surface area contributed by atoms with Crippen molar-refractivity contribution in [1.29, 1.82) is 0 Å². The maximum Gasteiger partial charge on any atom is 0.0792 e. The van der Waals surface area contributed by atoms with Gasteiger partial charge in [-0.3, -0.25) is 4.98 Å². The molecule has 0 radical (unpaired) electrons. The van der Waals surface area contributed by atoms with Gasteiger partial charge in [-0.1, -0.05) is 36.4 Å². The Morgan fingerprint density at radius 1 is 0.875 bits per heavy atom. The first kappa shape index (κ1) is 10.2. The first-order chi connectivity index (χ1) is 7.77. The highest BCUT2D eigenvalue weighted by molar-refractivity contribution is 9.13. The van der Waals surface area contributed by atoms with E-state index in [0.717, 1.165) is 19.8 Å². The molecule has 78 valence electrons. The SMILES string of the molecule is Brc1cnc2c(ccc3ccccc32)c1Br. The molecule has 0 saturated heterocycles. The second-order valence-electron chi connectivity index (χ2n) is 3.60. The monoisotopic (exact) mass is 335 g/mol. The Balaban J connectivity index is 2.58. The molecule has 3 heteroatoms. The molecule has 16 heavy (non-hydrogen) atoms. The molecule has 0 aliphatic heterocycles. The Bertz CT molecular complexity index is 692. The summed E-state index contributed by atoms with van der Waals surface area (Å²) < 4.78 is 2.04. The zero-order valence-electron chi connectivity index (χ0n) is 8.24. The molecule has 0 bridgehead atoms. The van der Waals surface area contributed by atoms with Crippen molar-refractivity contribution in [3.63, 3.8) is 0 Å². The van der Waals surface area contributed by atoms with E-state index in [9.17, 15) is 0 Å². The minimum Gasteiger partial charge on any atom is -0.254 e. The first-order valence-electron chi connectivity index (χ1n) is 4.89. The minimum absolute atomic E-state index is 0.982. The lowest BCUT2D eigenvalue weighted by Gasteiger charge is -2.05. The fraction of sp³-hybridized carbons (Fsp3) is 0. The van der Waals surface area contributed by atoms with Crippen LogP contribution in [0.2, 0.25) is 0 Å². The highest BCUT2D eigenvalue weighted by atomic mass is 79.9. The first-order valence-corrected chi connectivity index (χ1v) is 6.47. The van der Waals surface area contributed by atoms with E-state index < -0.39 is 0 Å². The maximum atomic E-state index is 4.49. The summed E-state index contributed by atoms with van der Waals surface area (Å²) in [6.45, 7) is 0. The van der Waals surface area contributed by atoms with E-state index >= 15 is 0 Å². The fourth-order valence-electron chi connectivity index (χ4n) is 1.88. The lowest BCUT2D eigenvalue weighted by Crippen LogP contribution is -1.83. The molecular formula is C13H7Br2N.